The van der Waals surface area contributed by atoms with Crippen LogP contribution in [0.5, 0.6) is 0 Å². The average Bonchev–Trinajstić information content (AvgIpc) is 3.84. The van der Waals surface area contributed by atoms with E-state index in [1.807, 2.05) is 36.4 Å². The van der Waals surface area contributed by atoms with Crippen molar-refractivity contribution >= 4 is 43.9 Å². The zero-order valence-electron chi connectivity index (χ0n) is 30.1. The molecule has 8 aromatic carbocycles. The molecule has 0 saturated carbocycles. The number of aromatic nitrogens is 3. The molecular formula is C51H31N3O2. The largest absolute Gasteiger partial charge is 0.456 e. The standard InChI is InChI=1S/C51H31N3O2/c1-4-12-32(13-5-1)34-20-22-36(23-21-34)49-52-50(38-25-27-41-40-26-24-37(33-14-6-2-7-15-33)29-45(40)56-46(41)30-38)54-51(53-49)39-28-43(35-16-8-3-9-17-35)48-42-18-10-11-19-44(42)55-47(48)31-39/h1-31H. The van der Waals surface area contributed by atoms with Crippen molar-refractivity contribution in [1.29, 1.82) is 0 Å². The molecule has 0 aliphatic heterocycles. The van der Waals surface area contributed by atoms with Crippen LogP contribution in [0.25, 0.3) is 111 Å². The molecule has 0 aliphatic rings. The van der Waals surface area contributed by atoms with Crippen molar-refractivity contribution in [3.8, 4) is 67.5 Å². The van der Waals surface area contributed by atoms with Crippen LogP contribution in [0.2, 0.25) is 0 Å². The third-order valence-corrected chi connectivity index (χ3v) is 10.5. The van der Waals surface area contributed by atoms with Crippen LogP contribution < -0.4 is 0 Å². The lowest BCUT2D eigenvalue weighted by molar-refractivity contribution is 0.669. The van der Waals surface area contributed by atoms with Gasteiger partial charge in [-0.2, -0.15) is 0 Å². The molecule has 0 amide bonds. The summed E-state index contributed by atoms with van der Waals surface area (Å²) >= 11 is 0. The van der Waals surface area contributed by atoms with E-state index >= 15 is 0 Å². The first-order valence-corrected chi connectivity index (χ1v) is 18.7. The van der Waals surface area contributed by atoms with Gasteiger partial charge in [0.2, 0.25) is 0 Å². The fourth-order valence-electron chi connectivity index (χ4n) is 7.76. The number of hydrogen-bond donors (Lipinski definition) is 0. The second kappa shape index (κ2) is 13.0. The smallest absolute Gasteiger partial charge is 0.164 e. The number of para-hydroxylation sites is 1. The van der Waals surface area contributed by atoms with Gasteiger partial charge in [0, 0.05) is 38.2 Å². The van der Waals surface area contributed by atoms with Crippen LogP contribution in [-0.4, -0.2) is 15.0 Å². The van der Waals surface area contributed by atoms with Crippen LogP contribution in [-0.2, 0) is 0 Å². The van der Waals surface area contributed by atoms with Gasteiger partial charge in [0.05, 0.1) is 0 Å². The van der Waals surface area contributed by atoms with Crippen molar-refractivity contribution in [2.24, 2.45) is 0 Å². The van der Waals surface area contributed by atoms with E-state index in [-0.39, 0.29) is 0 Å². The highest BCUT2D eigenvalue weighted by Crippen LogP contribution is 2.40. The minimum Gasteiger partial charge on any atom is -0.456 e. The summed E-state index contributed by atoms with van der Waals surface area (Å²) in [6, 6.07) is 64.5. The molecule has 0 atom stereocenters. The minimum atomic E-state index is 0.550. The van der Waals surface area contributed by atoms with E-state index < -0.39 is 0 Å². The molecular weight excluding hydrogens is 687 g/mol. The Bertz CT molecular complexity index is 3220. The van der Waals surface area contributed by atoms with Crippen molar-refractivity contribution in [2.45, 2.75) is 0 Å². The van der Waals surface area contributed by atoms with Crippen molar-refractivity contribution in [3.05, 3.63) is 188 Å². The van der Waals surface area contributed by atoms with Gasteiger partial charge in [-0.05, 0) is 75.8 Å². The third kappa shape index (κ3) is 5.53. The van der Waals surface area contributed by atoms with E-state index in [4.69, 9.17) is 23.8 Å². The number of fused-ring (bicyclic) bond motifs is 6. The second-order valence-corrected chi connectivity index (χ2v) is 14.0. The first-order valence-electron chi connectivity index (χ1n) is 18.7. The lowest BCUT2D eigenvalue weighted by Crippen LogP contribution is -2.00. The zero-order valence-corrected chi connectivity index (χ0v) is 30.1. The molecule has 3 heterocycles. The molecule has 0 aliphatic carbocycles. The summed E-state index contributed by atoms with van der Waals surface area (Å²) in [5.74, 6) is 1.68. The summed E-state index contributed by atoms with van der Waals surface area (Å²) in [5, 5.41) is 4.23. The number of rotatable bonds is 6. The van der Waals surface area contributed by atoms with E-state index in [2.05, 4.69) is 152 Å². The molecule has 11 aromatic rings. The van der Waals surface area contributed by atoms with Crippen LogP contribution in [0.3, 0.4) is 0 Å². The molecule has 262 valence electrons. The maximum atomic E-state index is 6.52. The molecule has 0 N–H and O–H groups in total. The van der Waals surface area contributed by atoms with Crippen LogP contribution in [0.4, 0.5) is 0 Å². The Morgan fingerprint density at radius 2 is 0.714 bits per heavy atom. The molecule has 5 heteroatoms. The molecule has 0 bridgehead atoms. The molecule has 5 nitrogen and oxygen atoms in total. The topological polar surface area (TPSA) is 65.0 Å². The van der Waals surface area contributed by atoms with Gasteiger partial charge >= 0.3 is 0 Å². The number of benzene rings is 8. The van der Waals surface area contributed by atoms with Crippen molar-refractivity contribution in [3.63, 3.8) is 0 Å². The van der Waals surface area contributed by atoms with Crippen molar-refractivity contribution in [2.75, 3.05) is 0 Å². The third-order valence-electron chi connectivity index (χ3n) is 10.5. The maximum absolute atomic E-state index is 6.52. The van der Waals surface area contributed by atoms with Crippen LogP contribution in [0, 0.1) is 0 Å². The van der Waals surface area contributed by atoms with Crippen molar-refractivity contribution < 1.29 is 8.83 Å². The van der Waals surface area contributed by atoms with E-state index in [0.29, 0.717) is 17.5 Å². The van der Waals surface area contributed by atoms with E-state index in [0.717, 1.165) is 93.9 Å². The predicted molar refractivity (Wildman–Crippen MR) is 227 cm³/mol. The summed E-state index contributed by atoms with van der Waals surface area (Å²) in [5.41, 5.74) is 12.4. The Morgan fingerprint density at radius 1 is 0.268 bits per heavy atom. The Labute approximate surface area is 322 Å². The molecule has 0 saturated heterocycles. The van der Waals surface area contributed by atoms with Gasteiger partial charge in [-0.1, -0.05) is 146 Å². The van der Waals surface area contributed by atoms with Gasteiger partial charge in [0.15, 0.2) is 17.5 Å². The van der Waals surface area contributed by atoms with Gasteiger partial charge < -0.3 is 8.83 Å². The van der Waals surface area contributed by atoms with Gasteiger partial charge in [-0.3, -0.25) is 0 Å². The number of hydrogen-bond acceptors (Lipinski definition) is 5. The molecule has 0 fully saturated rings. The number of nitrogens with zero attached hydrogens (tertiary/aromatic N) is 3. The van der Waals surface area contributed by atoms with Gasteiger partial charge in [-0.25, -0.2) is 15.0 Å². The summed E-state index contributed by atoms with van der Waals surface area (Å²) in [6.07, 6.45) is 0. The SMILES string of the molecule is c1ccc(-c2ccc(-c3nc(-c4ccc5c(c4)oc4cc(-c6ccccc6)ccc45)nc(-c4cc(-c5ccccc5)c5c(c4)oc4ccccc45)n3)cc2)cc1. The summed E-state index contributed by atoms with van der Waals surface area (Å²) in [6.45, 7) is 0. The Hall–Kier alpha value is -7.63. The normalized spacial score (nSPS) is 11.6. The molecule has 0 radical (unpaired) electrons. The van der Waals surface area contributed by atoms with E-state index in [9.17, 15) is 0 Å². The van der Waals surface area contributed by atoms with E-state index in [1.165, 1.54) is 0 Å². The molecule has 0 spiro atoms. The van der Waals surface area contributed by atoms with Gasteiger partial charge in [0.25, 0.3) is 0 Å². The average molecular weight is 718 g/mol. The van der Waals surface area contributed by atoms with Crippen LogP contribution in [0.15, 0.2) is 197 Å². The Morgan fingerprint density at radius 3 is 1.39 bits per heavy atom. The first-order chi connectivity index (χ1) is 27.7. The zero-order chi connectivity index (χ0) is 37.0. The van der Waals surface area contributed by atoms with E-state index in [1.54, 1.807) is 0 Å². The highest BCUT2D eigenvalue weighted by molar-refractivity contribution is 6.13. The molecule has 11 rings (SSSR count). The Balaban J connectivity index is 1.09. The lowest BCUT2D eigenvalue weighted by atomic mass is 9.97. The number of furan rings is 2. The predicted octanol–water partition coefficient (Wildman–Crippen LogP) is 13.7. The second-order valence-electron chi connectivity index (χ2n) is 14.0. The molecule has 3 aromatic heterocycles. The van der Waals surface area contributed by atoms with Crippen LogP contribution >= 0.6 is 0 Å². The molecule has 56 heavy (non-hydrogen) atoms. The van der Waals surface area contributed by atoms with Crippen LogP contribution in [0.1, 0.15) is 0 Å². The fraction of sp³-hybridized carbons (Fsp3) is 0. The highest BCUT2D eigenvalue weighted by atomic mass is 16.3. The maximum Gasteiger partial charge on any atom is 0.164 e. The first kappa shape index (κ1) is 31.9. The highest BCUT2D eigenvalue weighted by Gasteiger charge is 2.19. The van der Waals surface area contributed by atoms with Gasteiger partial charge in [0.1, 0.15) is 22.3 Å². The Kier molecular flexibility index (Phi) is 7.42. The molecule has 0 unspecified atom stereocenters. The minimum absolute atomic E-state index is 0.550. The summed E-state index contributed by atoms with van der Waals surface area (Å²) in [4.78, 5) is 15.4. The monoisotopic (exact) mass is 717 g/mol. The lowest BCUT2D eigenvalue weighted by Gasteiger charge is -2.11. The van der Waals surface area contributed by atoms with Gasteiger partial charge in [-0.15, -0.1) is 0 Å². The summed E-state index contributed by atoms with van der Waals surface area (Å²) < 4.78 is 13.0. The quantitative estimate of drug-likeness (QED) is 0.171. The fourth-order valence-corrected chi connectivity index (χ4v) is 7.76. The van der Waals surface area contributed by atoms with Crippen molar-refractivity contribution in [1.82, 2.24) is 15.0 Å². The summed E-state index contributed by atoms with van der Waals surface area (Å²) in [7, 11) is 0.